The fourth-order valence-corrected chi connectivity index (χ4v) is 5.01. The van der Waals surface area contributed by atoms with E-state index in [-0.39, 0.29) is 35.1 Å². The second kappa shape index (κ2) is 10.4. The van der Waals surface area contributed by atoms with E-state index in [1.165, 1.54) is 22.5 Å². The summed E-state index contributed by atoms with van der Waals surface area (Å²) in [6.07, 6.45) is -0.0736. The molecule has 166 valence electrons. The first-order valence-corrected chi connectivity index (χ1v) is 11.5. The van der Waals surface area contributed by atoms with Gasteiger partial charge in [-0.15, -0.1) is 0 Å². The molecule has 3 rings (SSSR count). The number of nitrogens with one attached hydrogen (secondary N) is 1. The number of nitrogens with zero attached hydrogens (tertiary/aromatic N) is 1. The Bertz CT molecular complexity index is 1070. The zero-order valence-electron chi connectivity index (χ0n) is 16.3. The summed E-state index contributed by atoms with van der Waals surface area (Å²) < 4.78 is 37.1. The molecule has 1 N–H and O–H groups in total. The van der Waals surface area contributed by atoms with Crippen LogP contribution in [0.1, 0.15) is 5.56 Å². The largest absolute Gasteiger partial charge is 0.455 e. The highest BCUT2D eigenvalue weighted by molar-refractivity contribution is 7.89. The predicted octanol–water partition coefficient (Wildman–Crippen LogP) is 2.74. The third-order valence-corrected chi connectivity index (χ3v) is 7.21. The molecular formula is C20H20Cl2N2O6S. The van der Waals surface area contributed by atoms with Crippen molar-refractivity contribution in [2.24, 2.45) is 0 Å². The van der Waals surface area contributed by atoms with E-state index < -0.39 is 28.5 Å². The minimum Gasteiger partial charge on any atom is -0.455 e. The van der Waals surface area contributed by atoms with Gasteiger partial charge >= 0.3 is 5.97 Å². The molecule has 0 radical (unpaired) electrons. The lowest BCUT2D eigenvalue weighted by Gasteiger charge is -2.26. The Balaban J connectivity index is 1.61. The highest BCUT2D eigenvalue weighted by Crippen LogP contribution is 2.28. The van der Waals surface area contributed by atoms with Crippen LogP contribution in [-0.2, 0) is 35.5 Å². The van der Waals surface area contributed by atoms with Gasteiger partial charge in [-0.1, -0.05) is 41.4 Å². The van der Waals surface area contributed by atoms with Gasteiger partial charge in [-0.25, -0.2) is 8.42 Å². The number of halogens is 2. The average molecular weight is 487 g/mol. The maximum absolute atomic E-state index is 12.9. The number of hydrogen-bond acceptors (Lipinski definition) is 6. The second-order valence-corrected chi connectivity index (χ2v) is 9.36. The van der Waals surface area contributed by atoms with E-state index in [4.69, 9.17) is 32.7 Å². The molecule has 1 fully saturated rings. The van der Waals surface area contributed by atoms with Crippen molar-refractivity contribution in [3.8, 4) is 0 Å². The quantitative estimate of drug-likeness (QED) is 0.603. The zero-order valence-corrected chi connectivity index (χ0v) is 18.7. The molecule has 31 heavy (non-hydrogen) atoms. The van der Waals surface area contributed by atoms with Crippen molar-refractivity contribution in [1.29, 1.82) is 0 Å². The van der Waals surface area contributed by atoms with Crippen molar-refractivity contribution in [3.05, 3.63) is 58.1 Å². The van der Waals surface area contributed by atoms with Crippen molar-refractivity contribution >= 4 is 50.8 Å². The number of carbonyl (C=O) groups excluding carboxylic acids is 2. The van der Waals surface area contributed by atoms with Gasteiger partial charge in [0.2, 0.25) is 10.0 Å². The fraction of sp³-hybridized carbons (Fsp3) is 0.300. The summed E-state index contributed by atoms with van der Waals surface area (Å²) >= 11 is 12.1. The van der Waals surface area contributed by atoms with Gasteiger partial charge in [0.15, 0.2) is 6.61 Å². The molecule has 2 aromatic carbocycles. The zero-order chi connectivity index (χ0) is 22.4. The number of rotatable bonds is 7. The van der Waals surface area contributed by atoms with Gasteiger partial charge < -0.3 is 14.8 Å². The number of hydrogen-bond donors (Lipinski definition) is 1. The van der Waals surface area contributed by atoms with Crippen molar-refractivity contribution in [2.75, 3.05) is 38.2 Å². The summed E-state index contributed by atoms with van der Waals surface area (Å²) in [5, 5.41) is 2.97. The van der Waals surface area contributed by atoms with Gasteiger partial charge in [-0.2, -0.15) is 4.31 Å². The van der Waals surface area contributed by atoms with Gasteiger partial charge in [0.05, 0.1) is 24.7 Å². The molecule has 8 nitrogen and oxygen atoms in total. The summed E-state index contributed by atoms with van der Waals surface area (Å²) in [5.41, 5.74) is 0.800. The molecule has 0 unspecified atom stereocenters. The molecule has 2 aromatic rings. The maximum atomic E-state index is 12.9. The van der Waals surface area contributed by atoms with Crippen molar-refractivity contribution in [3.63, 3.8) is 0 Å². The molecule has 1 aliphatic rings. The van der Waals surface area contributed by atoms with Crippen LogP contribution in [0.3, 0.4) is 0 Å². The van der Waals surface area contributed by atoms with Crippen molar-refractivity contribution in [1.82, 2.24) is 4.31 Å². The Morgan fingerprint density at radius 2 is 1.77 bits per heavy atom. The van der Waals surface area contributed by atoms with Crippen LogP contribution in [0, 0.1) is 0 Å². The van der Waals surface area contributed by atoms with E-state index >= 15 is 0 Å². The molecule has 1 saturated heterocycles. The number of anilines is 1. The number of esters is 1. The molecule has 1 amide bonds. The Labute approximate surface area is 190 Å². The third kappa shape index (κ3) is 6.18. The van der Waals surface area contributed by atoms with Gasteiger partial charge in [-0.05, 0) is 29.8 Å². The molecular weight excluding hydrogens is 467 g/mol. The third-order valence-electron chi connectivity index (χ3n) is 4.46. The van der Waals surface area contributed by atoms with Crippen LogP contribution >= 0.6 is 23.2 Å². The lowest BCUT2D eigenvalue weighted by Crippen LogP contribution is -2.40. The molecule has 0 aromatic heterocycles. The Hall–Kier alpha value is -2.17. The van der Waals surface area contributed by atoms with Crippen LogP contribution < -0.4 is 5.32 Å². The number of amides is 1. The first-order valence-electron chi connectivity index (χ1n) is 9.33. The SMILES string of the molecule is O=C(COC(=O)Cc1ccccc1Cl)Nc1ccc(Cl)c(S(=O)(=O)N2CCOCC2)c1. The van der Waals surface area contributed by atoms with E-state index in [0.29, 0.717) is 23.8 Å². The number of carbonyl (C=O) groups is 2. The molecule has 1 aliphatic heterocycles. The lowest BCUT2D eigenvalue weighted by atomic mass is 10.1. The topological polar surface area (TPSA) is 102 Å². The first-order chi connectivity index (χ1) is 14.8. The van der Waals surface area contributed by atoms with Gasteiger partial charge in [0.25, 0.3) is 5.91 Å². The second-order valence-electron chi connectivity index (χ2n) is 6.64. The average Bonchev–Trinajstić information content (AvgIpc) is 2.76. The molecule has 11 heteroatoms. The summed E-state index contributed by atoms with van der Waals surface area (Å²) in [5.74, 6) is -1.24. The number of benzene rings is 2. The highest BCUT2D eigenvalue weighted by atomic mass is 35.5. The summed E-state index contributed by atoms with van der Waals surface area (Å²) in [4.78, 5) is 24.0. The summed E-state index contributed by atoms with van der Waals surface area (Å²) in [6.45, 7) is 0.504. The van der Waals surface area contributed by atoms with Crippen LogP contribution in [0.5, 0.6) is 0 Å². The van der Waals surface area contributed by atoms with Crippen molar-refractivity contribution in [2.45, 2.75) is 11.3 Å². The van der Waals surface area contributed by atoms with Crippen LogP contribution in [0.4, 0.5) is 5.69 Å². The summed E-state index contributed by atoms with van der Waals surface area (Å²) in [7, 11) is -3.84. The van der Waals surface area contributed by atoms with Gasteiger partial charge in [0.1, 0.15) is 4.90 Å². The molecule has 0 aliphatic carbocycles. The standard InChI is InChI=1S/C20H20Cl2N2O6S/c21-16-4-2-1-3-14(16)11-20(26)30-13-19(25)23-15-5-6-17(22)18(12-15)31(27,28)24-7-9-29-10-8-24/h1-6,12H,7-11,13H2,(H,23,25). The first kappa shape index (κ1) is 23.5. The number of ether oxygens (including phenoxy) is 2. The fourth-order valence-electron chi connectivity index (χ4n) is 2.90. The monoisotopic (exact) mass is 486 g/mol. The van der Waals surface area contributed by atoms with E-state index in [2.05, 4.69) is 5.32 Å². The van der Waals surface area contributed by atoms with Gasteiger partial charge in [0, 0.05) is 23.8 Å². The maximum Gasteiger partial charge on any atom is 0.310 e. The molecule has 0 saturated carbocycles. The van der Waals surface area contributed by atoms with Crippen molar-refractivity contribution < 1.29 is 27.5 Å². The smallest absolute Gasteiger partial charge is 0.310 e. The molecule has 1 heterocycles. The highest BCUT2D eigenvalue weighted by Gasteiger charge is 2.28. The van der Waals surface area contributed by atoms with Crippen LogP contribution in [-0.4, -0.2) is 57.5 Å². The van der Waals surface area contributed by atoms with Crippen LogP contribution in [0.15, 0.2) is 47.4 Å². The molecule has 0 spiro atoms. The van der Waals surface area contributed by atoms with E-state index in [1.807, 2.05) is 0 Å². The minimum atomic E-state index is -3.84. The Morgan fingerprint density at radius 1 is 1.06 bits per heavy atom. The Morgan fingerprint density at radius 3 is 2.48 bits per heavy atom. The number of sulfonamides is 1. The van der Waals surface area contributed by atoms with Crippen LogP contribution in [0.25, 0.3) is 0 Å². The number of morpholine rings is 1. The normalized spacial score (nSPS) is 14.8. The summed E-state index contributed by atoms with van der Waals surface area (Å²) in [6, 6.07) is 10.9. The Kier molecular flexibility index (Phi) is 7.90. The molecule has 0 bridgehead atoms. The van der Waals surface area contributed by atoms with E-state index in [1.54, 1.807) is 24.3 Å². The predicted molar refractivity (Wildman–Crippen MR) is 116 cm³/mol. The van der Waals surface area contributed by atoms with E-state index in [9.17, 15) is 18.0 Å². The lowest BCUT2D eigenvalue weighted by molar-refractivity contribution is -0.146. The molecule has 0 atom stereocenters. The van der Waals surface area contributed by atoms with Crippen LogP contribution in [0.2, 0.25) is 10.0 Å². The van der Waals surface area contributed by atoms with E-state index in [0.717, 1.165) is 0 Å². The van der Waals surface area contributed by atoms with Gasteiger partial charge in [-0.3, -0.25) is 9.59 Å². The minimum absolute atomic E-state index is 0.0376.